The lowest BCUT2D eigenvalue weighted by Gasteiger charge is -2.10. The molecule has 2 aromatic rings. The predicted octanol–water partition coefficient (Wildman–Crippen LogP) is 1.89. The Morgan fingerprint density at radius 2 is 2.05 bits per heavy atom. The molecular weight excluding hydrogens is 268 g/mol. The number of nitrogens with zero attached hydrogens (tertiary/aromatic N) is 2. The van der Waals surface area contributed by atoms with Crippen molar-refractivity contribution in [2.24, 2.45) is 0 Å². The van der Waals surface area contributed by atoms with E-state index in [1.807, 2.05) is 0 Å². The van der Waals surface area contributed by atoms with Crippen LogP contribution in [-0.4, -0.2) is 22.9 Å². The van der Waals surface area contributed by atoms with Crippen molar-refractivity contribution < 1.29 is 18.3 Å². The Hall–Kier alpha value is -2.57. The van der Waals surface area contributed by atoms with E-state index >= 15 is 0 Å². The number of anilines is 1. The topological polar surface area (TPSA) is 78.1 Å². The summed E-state index contributed by atoms with van der Waals surface area (Å²) in [5.41, 5.74) is 4.96. The highest BCUT2D eigenvalue weighted by atomic mass is 19.2. The molecule has 2 N–H and O–H groups in total. The van der Waals surface area contributed by atoms with Gasteiger partial charge in [0.05, 0.1) is 12.7 Å². The van der Waals surface area contributed by atoms with E-state index in [4.69, 9.17) is 10.5 Å². The number of benzene rings is 1. The zero-order valence-corrected chi connectivity index (χ0v) is 10.8. The predicted molar refractivity (Wildman–Crippen MR) is 67.5 cm³/mol. The number of ketones is 1. The van der Waals surface area contributed by atoms with E-state index in [0.29, 0.717) is 5.82 Å². The Morgan fingerprint density at radius 1 is 1.35 bits per heavy atom. The van der Waals surface area contributed by atoms with E-state index in [2.05, 4.69) is 9.97 Å². The Morgan fingerprint density at radius 3 is 2.65 bits per heavy atom. The highest BCUT2D eigenvalue weighted by Crippen LogP contribution is 2.27. The van der Waals surface area contributed by atoms with Crippen molar-refractivity contribution in [2.45, 2.75) is 6.92 Å². The lowest BCUT2D eigenvalue weighted by atomic mass is 10.0. The van der Waals surface area contributed by atoms with Gasteiger partial charge in [0.2, 0.25) is 5.78 Å². The second-order valence-electron chi connectivity index (χ2n) is 3.98. The van der Waals surface area contributed by atoms with Gasteiger partial charge in [-0.1, -0.05) is 0 Å². The molecule has 2 rings (SSSR count). The summed E-state index contributed by atoms with van der Waals surface area (Å²) in [7, 11) is 1.25. The molecule has 0 saturated heterocycles. The van der Waals surface area contributed by atoms with Crippen molar-refractivity contribution in [2.75, 3.05) is 12.8 Å². The first kappa shape index (κ1) is 13.9. The van der Waals surface area contributed by atoms with E-state index in [0.717, 1.165) is 12.1 Å². The van der Waals surface area contributed by atoms with Crippen LogP contribution in [0.4, 0.5) is 14.6 Å². The Kier molecular flexibility index (Phi) is 3.60. The highest BCUT2D eigenvalue weighted by molar-refractivity contribution is 6.13. The van der Waals surface area contributed by atoms with Crippen LogP contribution >= 0.6 is 0 Å². The van der Waals surface area contributed by atoms with Crippen LogP contribution in [0.2, 0.25) is 0 Å². The SMILES string of the molecule is COc1ccc(F)c(F)c1C(=O)c1cnc(C)nc1N. The summed E-state index contributed by atoms with van der Waals surface area (Å²) in [5, 5.41) is 0. The third kappa shape index (κ3) is 2.29. The summed E-state index contributed by atoms with van der Waals surface area (Å²) in [4.78, 5) is 19.9. The molecule has 0 fully saturated rings. The van der Waals surface area contributed by atoms with Gasteiger partial charge in [-0.15, -0.1) is 0 Å². The fourth-order valence-electron chi connectivity index (χ4n) is 1.71. The molecule has 0 aliphatic carbocycles. The first-order valence-electron chi connectivity index (χ1n) is 5.61. The molecule has 0 atom stereocenters. The van der Waals surface area contributed by atoms with E-state index in [1.165, 1.54) is 13.3 Å². The van der Waals surface area contributed by atoms with Crippen molar-refractivity contribution >= 4 is 11.6 Å². The maximum atomic E-state index is 13.8. The molecular formula is C13H11F2N3O2. The fourth-order valence-corrected chi connectivity index (χ4v) is 1.71. The number of ether oxygens (including phenoxy) is 1. The number of carbonyl (C=O) groups excluding carboxylic acids is 1. The van der Waals surface area contributed by atoms with E-state index < -0.39 is 23.0 Å². The Balaban J connectivity index is 2.61. The monoisotopic (exact) mass is 279 g/mol. The minimum absolute atomic E-state index is 0.0890. The zero-order chi connectivity index (χ0) is 14.9. The van der Waals surface area contributed by atoms with Crippen LogP contribution in [0.15, 0.2) is 18.3 Å². The van der Waals surface area contributed by atoms with Crippen LogP contribution in [0.25, 0.3) is 0 Å². The number of nitrogens with two attached hydrogens (primary N) is 1. The number of hydrogen-bond donors (Lipinski definition) is 1. The van der Waals surface area contributed by atoms with Crippen LogP contribution in [0.1, 0.15) is 21.7 Å². The van der Waals surface area contributed by atoms with Gasteiger partial charge >= 0.3 is 0 Å². The van der Waals surface area contributed by atoms with Gasteiger partial charge in [-0.3, -0.25) is 4.79 Å². The lowest BCUT2D eigenvalue weighted by molar-refractivity contribution is 0.103. The molecule has 104 valence electrons. The van der Waals surface area contributed by atoms with Gasteiger partial charge in [0.15, 0.2) is 11.6 Å². The number of hydrogen-bond acceptors (Lipinski definition) is 5. The van der Waals surface area contributed by atoms with Crippen molar-refractivity contribution in [1.82, 2.24) is 9.97 Å². The molecule has 0 unspecified atom stereocenters. The van der Waals surface area contributed by atoms with Crippen LogP contribution in [0.3, 0.4) is 0 Å². The van der Waals surface area contributed by atoms with Gasteiger partial charge in [0, 0.05) is 6.20 Å². The fraction of sp³-hybridized carbons (Fsp3) is 0.154. The Bertz CT molecular complexity index is 690. The number of aromatic nitrogens is 2. The van der Waals surface area contributed by atoms with Gasteiger partial charge in [0.1, 0.15) is 23.0 Å². The van der Waals surface area contributed by atoms with Crippen LogP contribution < -0.4 is 10.5 Å². The summed E-state index contributed by atoms with van der Waals surface area (Å²) in [5.74, 6) is -3.11. The first-order valence-corrected chi connectivity index (χ1v) is 5.61. The van der Waals surface area contributed by atoms with Crippen molar-refractivity contribution in [1.29, 1.82) is 0 Å². The molecule has 0 radical (unpaired) electrons. The van der Waals surface area contributed by atoms with Gasteiger partial charge < -0.3 is 10.5 Å². The second-order valence-corrected chi connectivity index (χ2v) is 3.98. The van der Waals surface area contributed by atoms with Gasteiger partial charge in [-0.2, -0.15) is 0 Å². The molecule has 0 aliphatic heterocycles. The third-order valence-corrected chi connectivity index (χ3v) is 2.69. The van der Waals surface area contributed by atoms with Gasteiger partial charge in [-0.05, 0) is 19.1 Å². The third-order valence-electron chi connectivity index (χ3n) is 2.69. The minimum Gasteiger partial charge on any atom is -0.496 e. The molecule has 5 nitrogen and oxygen atoms in total. The summed E-state index contributed by atoms with van der Waals surface area (Å²) in [6.45, 7) is 1.59. The van der Waals surface area contributed by atoms with Crippen molar-refractivity contribution in [3.8, 4) is 5.75 Å². The van der Waals surface area contributed by atoms with E-state index in [1.54, 1.807) is 6.92 Å². The summed E-state index contributed by atoms with van der Waals surface area (Å²) >= 11 is 0. The molecule has 20 heavy (non-hydrogen) atoms. The number of halogens is 2. The minimum atomic E-state index is -1.30. The average Bonchev–Trinajstić information content (AvgIpc) is 2.41. The first-order chi connectivity index (χ1) is 9.45. The van der Waals surface area contributed by atoms with Crippen LogP contribution in [-0.2, 0) is 0 Å². The molecule has 1 aromatic carbocycles. The largest absolute Gasteiger partial charge is 0.496 e. The molecule has 7 heteroatoms. The summed E-state index contributed by atoms with van der Waals surface area (Å²) in [6.07, 6.45) is 1.17. The average molecular weight is 279 g/mol. The standard InChI is InChI=1S/C13H11F2N3O2/c1-6-17-5-7(13(16)18-6)12(19)10-9(20-2)4-3-8(14)11(10)15/h3-5H,1-2H3,(H2,16,17,18). The maximum Gasteiger partial charge on any atom is 0.205 e. The zero-order valence-electron chi connectivity index (χ0n) is 10.8. The number of carbonyl (C=O) groups is 1. The lowest BCUT2D eigenvalue weighted by Crippen LogP contribution is -2.12. The summed E-state index contributed by atoms with van der Waals surface area (Å²) in [6, 6.07) is 2.04. The molecule has 0 spiro atoms. The molecule has 1 aromatic heterocycles. The Labute approximate surface area is 113 Å². The van der Waals surface area contributed by atoms with Crippen molar-refractivity contribution in [3.05, 3.63) is 46.9 Å². The van der Waals surface area contributed by atoms with Gasteiger partial charge in [0.25, 0.3) is 0 Å². The second kappa shape index (κ2) is 5.20. The normalized spacial score (nSPS) is 10.4. The highest BCUT2D eigenvalue weighted by Gasteiger charge is 2.24. The number of rotatable bonds is 3. The smallest absolute Gasteiger partial charge is 0.205 e. The molecule has 0 aliphatic rings. The van der Waals surface area contributed by atoms with E-state index in [-0.39, 0.29) is 17.1 Å². The maximum absolute atomic E-state index is 13.8. The van der Waals surface area contributed by atoms with E-state index in [9.17, 15) is 13.6 Å². The van der Waals surface area contributed by atoms with Crippen molar-refractivity contribution in [3.63, 3.8) is 0 Å². The molecule has 1 heterocycles. The number of methoxy groups -OCH3 is 1. The van der Waals surface area contributed by atoms with Gasteiger partial charge in [-0.25, -0.2) is 18.7 Å². The summed E-state index contributed by atoms with van der Waals surface area (Å²) < 4.78 is 32.0. The quantitative estimate of drug-likeness (QED) is 0.868. The molecule has 0 saturated carbocycles. The van der Waals surface area contributed by atoms with Crippen LogP contribution in [0.5, 0.6) is 5.75 Å². The number of aryl methyl sites for hydroxylation is 1. The van der Waals surface area contributed by atoms with Crippen LogP contribution in [0, 0.1) is 18.6 Å². The number of nitrogen functional groups attached to an aromatic ring is 1. The molecule has 0 amide bonds. The molecule has 0 bridgehead atoms.